The van der Waals surface area contributed by atoms with E-state index in [2.05, 4.69) is 30.8 Å². The monoisotopic (exact) mass is 341 g/mol. The van der Waals surface area contributed by atoms with Crippen molar-refractivity contribution in [2.45, 2.75) is 19.5 Å². The lowest BCUT2D eigenvalue weighted by atomic mass is 10.1. The summed E-state index contributed by atoms with van der Waals surface area (Å²) in [7, 11) is 0. The van der Waals surface area contributed by atoms with E-state index in [1.165, 1.54) is 0 Å². The van der Waals surface area contributed by atoms with E-state index in [9.17, 15) is 4.79 Å². The molecule has 2 N–H and O–H groups in total. The SMILES string of the molecule is O=c1[nH]c(=S)[nH]c2c1CN(Cc1ccc(Br)o1)CC2. The zero-order valence-corrected chi connectivity index (χ0v) is 12.4. The first-order chi connectivity index (χ1) is 9.11. The molecule has 1 aliphatic rings. The van der Waals surface area contributed by atoms with Crippen molar-refractivity contribution < 1.29 is 4.42 Å². The summed E-state index contributed by atoms with van der Waals surface area (Å²) in [5, 5.41) is 0. The number of nitrogens with zero attached hydrogens (tertiary/aromatic N) is 1. The molecule has 3 heterocycles. The minimum Gasteiger partial charge on any atom is -0.453 e. The molecule has 0 aromatic carbocycles. The van der Waals surface area contributed by atoms with Crippen molar-refractivity contribution in [1.82, 2.24) is 14.9 Å². The van der Waals surface area contributed by atoms with Gasteiger partial charge < -0.3 is 9.40 Å². The second-order valence-electron chi connectivity index (χ2n) is 4.53. The van der Waals surface area contributed by atoms with Crippen LogP contribution in [0.15, 0.2) is 26.0 Å². The largest absolute Gasteiger partial charge is 0.453 e. The number of rotatable bonds is 2. The van der Waals surface area contributed by atoms with Gasteiger partial charge in [0.1, 0.15) is 5.76 Å². The van der Waals surface area contributed by atoms with Crippen LogP contribution in [0.3, 0.4) is 0 Å². The molecule has 0 atom stereocenters. The molecule has 2 aromatic rings. The molecule has 0 saturated carbocycles. The van der Waals surface area contributed by atoms with Gasteiger partial charge in [-0.1, -0.05) is 0 Å². The van der Waals surface area contributed by atoms with Crippen LogP contribution in [0.1, 0.15) is 17.0 Å². The number of nitrogens with one attached hydrogen (secondary N) is 2. The van der Waals surface area contributed by atoms with Crippen molar-refractivity contribution in [3.63, 3.8) is 0 Å². The van der Waals surface area contributed by atoms with Crippen molar-refractivity contribution in [2.24, 2.45) is 0 Å². The van der Waals surface area contributed by atoms with Crippen LogP contribution in [-0.4, -0.2) is 21.4 Å². The molecule has 0 bridgehead atoms. The normalized spacial score (nSPS) is 15.4. The Bertz CT molecular complexity index is 718. The minimum atomic E-state index is -0.0934. The number of furan rings is 1. The fraction of sp³-hybridized carbons (Fsp3) is 0.333. The third kappa shape index (κ3) is 2.72. The molecule has 0 fully saturated rings. The Kier molecular flexibility index (Phi) is 3.42. The van der Waals surface area contributed by atoms with E-state index in [4.69, 9.17) is 16.6 Å². The van der Waals surface area contributed by atoms with Crippen LogP contribution in [0.5, 0.6) is 0 Å². The van der Waals surface area contributed by atoms with Crippen LogP contribution < -0.4 is 5.56 Å². The fourth-order valence-corrected chi connectivity index (χ4v) is 2.86. The number of aromatic nitrogens is 2. The Morgan fingerprint density at radius 3 is 3.00 bits per heavy atom. The smallest absolute Gasteiger partial charge is 0.256 e. The average Bonchev–Trinajstić information content (AvgIpc) is 2.75. The maximum Gasteiger partial charge on any atom is 0.256 e. The highest BCUT2D eigenvalue weighted by Crippen LogP contribution is 2.19. The van der Waals surface area contributed by atoms with Crippen LogP contribution in [0, 0.1) is 4.77 Å². The summed E-state index contributed by atoms with van der Waals surface area (Å²) in [6.45, 7) is 2.18. The maximum absolute atomic E-state index is 11.9. The molecule has 0 aliphatic carbocycles. The number of hydrogen-bond donors (Lipinski definition) is 2. The summed E-state index contributed by atoms with van der Waals surface area (Å²) in [5.74, 6) is 0.885. The molecule has 1 aliphatic heterocycles. The Hall–Kier alpha value is -1.18. The summed E-state index contributed by atoms with van der Waals surface area (Å²) in [4.78, 5) is 19.8. The van der Waals surface area contributed by atoms with Gasteiger partial charge >= 0.3 is 0 Å². The van der Waals surface area contributed by atoms with Crippen LogP contribution in [-0.2, 0) is 19.5 Å². The van der Waals surface area contributed by atoms with E-state index >= 15 is 0 Å². The van der Waals surface area contributed by atoms with Gasteiger partial charge in [-0.3, -0.25) is 14.7 Å². The molecule has 0 spiro atoms. The van der Waals surface area contributed by atoms with Crippen LogP contribution in [0.2, 0.25) is 0 Å². The topological polar surface area (TPSA) is 65.0 Å². The van der Waals surface area contributed by atoms with E-state index in [0.717, 1.165) is 34.7 Å². The third-order valence-electron chi connectivity index (χ3n) is 3.20. The minimum absolute atomic E-state index is 0.0934. The molecule has 0 unspecified atom stereocenters. The van der Waals surface area contributed by atoms with Gasteiger partial charge in [-0.25, -0.2) is 0 Å². The number of hydrogen-bond acceptors (Lipinski definition) is 4. The lowest BCUT2D eigenvalue weighted by Crippen LogP contribution is -2.35. The molecule has 0 amide bonds. The average molecular weight is 342 g/mol. The van der Waals surface area contributed by atoms with E-state index in [1.807, 2.05) is 12.1 Å². The first kappa shape index (κ1) is 12.8. The number of halogens is 1. The molecular formula is C12H12BrN3O2S. The summed E-state index contributed by atoms with van der Waals surface area (Å²) >= 11 is 8.26. The summed E-state index contributed by atoms with van der Waals surface area (Å²) in [6.07, 6.45) is 0.796. The Morgan fingerprint density at radius 1 is 1.42 bits per heavy atom. The molecule has 0 radical (unpaired) electrons. The van der Waals surface area contributed by atoms with Gasteiger partial charge in [-0.15, -0.1) is 0 Å². The molecule has 0 saturated heterocycles. The molecule has 19 heavy (non-hydrogen) atoms. The zero-order valence-electron chi connectivity index (χ0n) is 10.0. The standard InChI is InChI=1S/C12H12BrN3O2S/c13-10-2-1-7(18-10)5-16-4-3-9-8(6-16)11(17)15-12(19)14-9/h1-2H,3-6H2,(H2,14,15,17,19). The molecular weight excluding hydrogens is 330 g/mol. The summed E-state index contributed by atoms with van der Waals surface area (Å²) < 4.78 is 6.61. The van der Waals surface area contributed by atoms with Crippen LogP contribution in [0.25, 0.3) is 0 Å². The molecule has 2 aromatic heterocycles. The first-order valence-electron chi connectivity index (χ1n) is 5.93. The van der Waals surface area contributed by atoms with Gasteiger partial charge in [-0.2, -0.15) is 0 Å². The van der Waals surface area contributed by atoms with E-state index in [-0.39, 0.29) is 5.56 Å². The molecule has 7 heteroatoms. The first-order valence-corrected chi connectivity index (χ1v) is 7.13. The van der Waals surface area contributed by atoms with Crippen molar-refractivity contribution in [2.75, 3.05) is 6.54 Å². The van der Waals surface area contributed by atoms with E-state index < -0.39 is 0 Å². The van der Waals surface area contributed by atoms with Crippen LogP contribution >= 0.6 is 28.1 Å². The van der Waals surface area contributed by atoms with Gasteiger partial charge in [0.2, 0.25) is 0 Å². The Morgan fingerprint density at radius 2 is 2.26 bits per heavy atom. The second kappa shape index (κ2) is 5.07. The Balaban J connectivity index is 1.82. The van der Waals surface area contributed by atoms with Gasteiger partial charge in [0.15, 0.2) is 9.44 Å². The number of H-pyrrole nitrogens is 2. The van der Waals surface area contributed by atoms with Crippen molar-refractivity contribution in [3.8, 4) is 0 Å². The van der Waals surface area contributed by atoms with Crippen molar-refractivity contribution >= 4 is 28.1 Å². The highest BCUT2D eigenvalue weighted by atomic mass is 79.9. The maximum atomic E-state index is 11.9. The molecule has 100 valence electrons. The predicted octanol–water partition coefficient (Wildman–Crippen LogP) is 2.35. The molecule has 3 rings (SSSR count). The predicted molar refractivity (Wildman–Crippen MR) is 76.5 cm³/mol. The Labute approximate surface area is 122 Å². The van der Waals surface area contributed by atoms with E-state index in [1.54, 1.807) is 0 Å². The van der Waals surface area contributed by atoms with Crippen molar-refractivity contribution in [1.29, 1.82) is 0 Å². The zero-order chi connectivity index (χ0) is 13.4. The van der Waals surface area contributed by atoms with Gasteiger partial charge in [0.25, 0.3) is 5.56 Å². The lowest BCUT2D eigenvalue weighted by Gasteiger charge is -2.26. The van der Waals surface area contributed by atoms with Crippen LogP contribution in [0.4, 0.5) is 0 Å². The van der Waals surface area contributed by atoms with Gasteiger partial charge in [0.05, 0.1) is 12.1 Å². The van der Waals surface area contributed by atoms with Gasteiger partial charge in [0, 0.05) is 25.2 Å². The highest BCUT2D eigenvalue weighted by molar-refractivity contribution is 9.10. The summed E-state index contributed by atoms with van der Waals surface area (Å²) in [6, 6.07) is 3.81. The number of fused-ring (bicyclic) bond motifs is 1. The van der Waals surface area contributed by atoms with Crippen molar-refractivity contribution in [3.05, 3.63) is 48.9 Å². The number of aromatic amines is 2. The van der Waals surface area contributed by atoms with Gasteiger partial charge in [-0.05, 0) is 40.3 Å². The van der Waals surface area contributed by atoms with E-state index in [0.29, 0.717) is 17.9 Å². The molecule has 5 nitrogen and oxygen atoms in total. The highest BCUT2D eigenvalue weighted by Gasteiger charge is 2.20. The quantitative estimate of drug-likeness (QED) is 0.823. The fourth-order valence-electron chi connectivity index (χ4n) is 2.30. The second-order valence-corrected chi connectivity index (χ2v) is 5.72. The summed E-state index contributed by atoms with van der Waals surface area (Å²) in [5.41, 5.74) is 1.63. The lowest BCUT2D eigenvalue weighted by molar-refractivity contribution is 0.221. The third-order valence-corrected chi connectivity index (χ3v) is 3.83.